The van der Waals surface area contributed by atoms with Gasteiger partial charge in [0.2, 0.25) is 0 Å². The molecule has 1 aromatic carbocycles. The Bertz CT molecular complexity index is 349. The van der Waals surface area contributed by atoms with Crippen molar-refractivity contribution in [1.29, 1.82) is 0 Å². The third-order valence-electron chi connectivity index (χ3n) is 1.34. The maximum absolute atomic E-state index is 10.9. The number of rotatable bonds is 2. The van der Waals surface area contributed by atoms with Crippen molar-refractivity contribution < 1.29 is 9.53 Å². The second-order valence-corrected chi connectivity index (χ2v) is 4.87. The Hall–Kier alpha value is -0.960. The second kappa shape index (κ2) is 6.49. The normalized spacial score (nSPS) is 8.64. The van der Waals surface area contributed by atoms with Gasteiger partial charge in [-0.3, -0.25) is 0 Å². The molecule has 0 fully saturated rings. The molecule has 0 aliphatic carbocycles. The van der Waals surface area contributed by atoms with Crippen molar-refractivity contribution in [3.8, 4) is 9.89 Å². The molecule has 3 heteroatoms. The molecular weight excluding hydrogens is 292 g/mol. The van der Waals surface area contributed by atoms with E-state index in [0.29, 0.717) is 6.61 Å². The van der Waals surface area contributed by atoms with Crippen LogP contribution in [0.3, 0.4) is 0 Å². The summed E-state index contributed by atoms with van der Waals surface area (Å²) in [4.78, 5) is 10.9. The van der Waals surface area contributed by atoms with Crippen LogP contribution in [0.25, 0.3) is 0 Å². The molecule has 2 nitrogen and oxygen atoms in total. The van der Waals surface area contributed by atoms with Crippen LogP contribution in [-0.2, 0) is 9.53 Å². The van der Waals surface area contributed by atoms with E-state index in [9.17, 15) is 4.79 Å². The predicted octanol–water partition coefficient (Wildman–Crippen LogP) is 0.540. The standard InChI is InChI=1S/C11H10O2Te/c1-2-13-11(12)8-9-14-10-6-4-3-5-7-10/h3-7H,2H2,1H3. The molecule has 0 N–H and O–H groups in total. The Morgan fingerprint density at radius 1 is 1.43 bits per heavy atom. The molecule has 0 bridgehead atoms. The molecule has 0 radical (unpaired) electrons. The molecule has 0 saturated heterocycles. The summed E-state index contributed by atoms with van der Waals surface area (Å²) >= 11 is -0.555. The van der Waals surface area contributed by atoms with Crippen molar-refractivity contribution in [2.24, 2.45) is 0 Å². The Morgan fingerprint density at radius 3 is 2.79 bits per heavy atom. The van der Waals surface area contributed by atoms with Crippen molar-refractivity contribution in [3.05, 3.63) is 30.3 Å². The zero-order valence-electron chi connectivity index (χ0n) is 7.82. The molecule has 0 aliphatic rings. The fourth-order valence-electron chi connectivity index (χ4n) is 0.782. The first-order chi connectivity index (χ1) is 6.83. The fraction of sp³-hybridized carbons (Fsp3) is 0.182. The summed E-state index contributed by atoms with van der Waals surface area (Å²) in [6.45, 7) is 2.16. The molecule has 72 valence electrons. The topological polar surface area (TPSA) is 26.3 Å². The molecule has 0 heterocycles. The van der Waals surface area contributed by atoms with Crippen LogP contribution < -0.4 is 3.61 Å². The predicted molar refractivity (Wildman–Crippen MR) is 56.2 cm³/mol. The molecule has 14 heavy (non-hydrogen) atoms. The zero-order chi connectivity index (χ0) is 10.2. The molecule has 0 aromatic heterocycles. The summed E-state index contributed by atoms with van der Waals surface area (Å²) in [6.07, 6.45) is 0. The maximum atomic E-state index is 10.9. The molecule has 0 atom stereocenters. The fourth-order valence-corrected chi connectivity index (χ4v) is 2.34. The van der Waals surface area contributed by atoms with Gasteiger partial charge in [0.1, 0.15) is 0 Å². The van der Waals surface area contributed by atoms with Crippen molar-refractivity contribution >= 4 is 30.5 Å². The van der Waals surface area contributed by atoms with E-state index >= 15 is 0 Å². The van der Waals surface area contributed by atoms with E-state index in [4.69, 9.17) is 0 Å². The number of ether oxygens (including phenoxy) is 1. The van der Waals surface area contributed by atoms with Gasteiger partial charge in [0.15, 0.2) is 0 Å². The first-order valence-corrected chi connectivity index (χ1v) is 6.55. The van der Waals surface area contributed by atoms with Crippen LogP contribution in [0.1, 0.15) is 6.92 Å². The van der Waals surface area contributed by atoms with Crippen LogP contribution in [0.4, 0.5) is 0 Å². The SMILES string of the molecule is CCOC(=O)C#C[Te]c1ccccc1. The van der Waals surface area contributed by atoms with Gasteiger partial charge in [-0.25, -0.2) is 0 Å². The van der Waals surface area contributed by atoms with Crippen LogP contribution in [0.5, 0.6) is 0 Å². The molecule has 1 rings (SSSR count). The second-order valence-electron chi connectivity index (χ2n) is 2.36. The third-order valence-corrected chi connectivity index (χ3v) is 3.37. The van der Waals surface area contributed by atoms with Gasteiger partial charge in [0, 0.05) is 0 Å². The third kappa shape index (κ3) is 4.33. The van der Waals surface area contributed by atoms with Crippen molar-refractivity contribution in [2.75, 3.05) is 6.61 Å². The van der Waals surface area contributed by atoms with Crippen LogP contribution in [0, 0.1) is 9.89 Å². The van der Waals surface area contributed by atoms with Gasteiger partial charge < -0.3 is 0 Å². The minimum atomic E-state index is -0.555. The molecule has 0 spiro atoms. The first kappa shape index (κ1) is 11.1. The summed E-state index contributed by atoms with van der Waals surface area (Å²) < 4.78 is 8.81. The average molecular weight is 302 g/mol. The molecular formula is C11H10O2Te. The van der Waals surface area contributed by atoms with Crippen LogP contribution in [0.15, 0.2) is 30.3 Å². The quantitative estimate of drug-likeness (QED) is 0.453. The number of carbonyl (C=O) groups excluding carboxylic acids is 1. The van der Waals surface area contributed by atoms with Gasteiger partial charge >= 0.3 is 93.8 Å². The number of esters is 1. The average Bonchev–Trinajstić information content (AvgIpc) is 2.20. The van der Waals surface area contributed by atoms with E-state index in [0.717, 1.165) is 0 Å². The summed E-state index contributed by atoms with van der Waals surface area (Å²) in [5, 5.41) is 0. The van der Waals surface area contributed by atoms with Crippen molar-refractivity contribution in [3.63, 3.8) is 0 Å². The van der Waals surface area contributed by atoms with Gasteiger partial charge in [-0.1, -0.05) is 0 Å². The summed E-state index contributed by atoms with van der Waals surface area (Å²) in [7, 11) is 0. The minimum absolute atomic E-state index is 0.388. The molecule has 1 aromatic rings. The van der Waals surface area contributed by atoms with Crippen molar-refractivity contribution in [1.82, 2.24) is 0 Å². The van der Waals surface area contributed by atoms with Gasteiger partial charge in [-0.15, -0.1) is 0 Å². The number of carbonyl (C=O) groups is 1. The zero-order valence-corrected chi connectivity index (χ0v) is 10.1. The van der Waals surface area contributed by atoms with Crippen molar-refractivity contribution in [2.45, 2.75) is 6.92 Å². The van der Waals surface area contributed by atoms with Gasteiger partial charge in [0.25, 0.3) is 0 Å². The monoisotopic (exact) mass is 304 g/mol. The first-order valence-electron chi connectivity index (χ1n) is 4.22. The summed E-state index contributed by atoms with van der Waals surface area (Å²) in [6, 6.07) is 9.98. The van der Waals surface area contributed by atoms with Gasteiger partial charge in [-0.2, -0.15) is 0 Å². The van der Waals surface area contributed by atoms with Crippen LogP contribution in [-0.4, -0.2) is 33.5 Å². The van der Waals surface area contributed by atoms with Crippen LogP contribution >= 0.6 is 0 Å². The summed E-state index contributed by atoms with van der Waals surface area (Å²) in [5.74, 6) is 2.06. The molecule has 0 amide bonds. The van der Waals surface area contributed by atoms with Gasteiger partial charge in [-0.05, 0) is 0 Å². The van der Waals surface area contributed by atoms with E-state index in [2.05, 4.69) is 14.6 Å². The molecule has 0 unspecified atom stereocenters. The van der Waals surface area contributed by atoms with E-state index in [1.807, 2.05) is 30.3 Å². The van der Waals surface area contributed by atoms with E-state index in [-0.39, 0.29) is 0 Å². The van der Waals surface area contributed by atoms with Gasteiger partial charge in [0.05, 0.1) is 0 Å². The number of hydrogen-bond acceptors (Lipinski definition) is 2. The van der Waals surface area contributed by atoms with E-state index in [1.54, 1.807) is 6.92 Å². The van der Waals surface area contributed by atoms with Crippen LogP contribution in [0.2, 0.25) is 0 Å². The number of benzene rings is 1. The Labute approximate surface area is 93.7 Å². The number of hydrogen-bond donors (Lipinski definition) is 0. The Balaban J connectivity index is 2.44. The van der Waals surface area contributed by atoms with E-state index < -0.39 is 26.9 Å². The van der Waals surface area contributed by atoms with E-state index in [1.165, 1.54) is 3.61 Å². The summed E-state index contributed by atoms with van der Waals surface area (Å²) in [5.41, 5.74) is 0. The molecule has 0 saturated carbocycles. The molecule has 0 aliphatic heterocycles. The Kier molecular flexibility index (Phi) is 5.15. The Morgan fingerprint density at radius 2 is 2.14 bits per heavy atom.